The van der Waals surface area contributed by atoms with E-state index in [0.29, 0.717) is 5.69 Å². The molecule has 0 saturated heterocycles. The lowest BCUT2D eigenvalue weighted by atomic mass is 10.2. The average molecular weight is 347 g/mol. The number of alkyl halides is 3. The molecule has 0 aromatic heterocycles. The highest BCUT2D eigenvalue weighted by atomic mass is 35.5. The number of rotatable bonds is 2. The number of anilines is 2. The minimum absolute atomic E-state index is 0.0549. The first-order valence-electron chi connectivity index (χ1n) is 6.35. The van der Waals surface area contributed by atoms with Crippen molar-refractivity contribution in [2.75, 3.05) is 17.3 Å². The number of hydrogen-bond donors (Lipinski definition) is 1. The molecule has 122 valence electrons. The van der Waals surface area contributed by atoms with Crippen LogP contribution in [0.2, 0.25) is 5.02 Å². The van der Waals surface area contributed by atoms with Crippen molar-refractivity contribution in [2.45, 2.75) is 6.18 Å². The molecule has 0 aliphatic carbocycles. The average Bonchev–Trinajstić information content (AvgIpc) is 2.48. The highest BCUT2D eigenvalue weighted by Gasteiger charge is 2.33. The zero-order chi connectivity index (χ0) is 17.2. The quantitative estimate of drug-likeness (QED) is 0.748. The number of amides is 2. The number of hydrogen-bond acceptors (Lipinski definition) is 1. The van der Waals surface area contributed by atoms with Crippen molar-refractivity contribution >= 4 is 29.0 Å². The first-order chi connectivity index (χ1) is 10.7. The van der Waals surface area contributed by atoms with Crippen molar-refractivity contribution in [1.82, 2.24) is 0 Å². The van der Waals surface area contributed by atoms with Gasteiger partial charge in [0.15, 0.2) is 0 Å². The van der Waals surface area contributed by atoms with Gasteiger partial charge in [0.05, 0.1) is 10.6 Å². The van der Waals surface area contributed by atoms with Gasteiger partial charge in [0.25, 0.3) is 0 Å². The van der Waals surface area contributed by atoms with Crippen molar-refractivity contribution < 1.29 is 22.4 Å². The molecular weight excluding hydrogens is 336 g/mol. The fourth-order valence-electron chi connectivity index (χ4n) is 1.81. The summed E-state index contributed by atoms with van der Waals surface area (Å²) in [5.41, 5.74) is -0.712. The van der Waals surface area contributed by atoms with E-state index in [0.717, 1.165) is 17.0 Å². The maximum Gasteiger partial charge on any atom is 0.417 e. The molecule has 0 bridgehead atoms. The van der Waals surface area contributed by atoms with Gasteiger partial charge >= 0.3 is 12.2 Å². The summed E-state index contributed by atoms with van der Waals surface area (Å²) in [7, 11) is 1.41. The Kier molecular flexibility index (Phi) is 4.79. The molecule has 3 nitrogen and oxygen atoms in total. The fourth-order valence-corrected chi connectivity index (χ4v) is 2.03. The molecular formula is C15H11ClF4N2O. The van der Waals surface area contributed by atoms with E-state index in [2.05, 4.69) is 5.32 Å². The maximum absolute atomic E-state index is 12.9. The van der Waals surface area contributed by atoms with Gasteiger partial charge in [-0.15, -0.1) is 0 Å². The first kappa shape index (κ1) is 17.1. The van der Waals surface area contributed by atoms with Gasteiger partial charge in [0.2, 0.25) is 0 Å². The van der Waals surface area contributed by atoms with E-state index in [1.54, 1.807) is 0 Å². The number of carbonyl (C=O) groups is 1. The van der Waals surface area contributed by atoms with Crippen LogP contribution in [0.15, 0.2) is 42.5 Å². The third-order valence-corrected chi connectivity index (χ3v) is 3.37. The van der Waals surface area contributed by atoms with Crippen LogP contribution in [0.1, 0.15) is 5.56 Å². The van der Waals surface area contributed by atoms with E-state index in [1.807, 2.05) is 0 Å². The van der Waals surface area contributed by atoms with E-state index < -0.39 is 28.6 Å². The molecule has 0 radical (unpaired) electrons. The number of nitrogens with zero attached hydrogens (tertiary/aromatic N) is 1. The molecule has 0 unspecified atom stereocenters. The molecule has 0 atom stereocenters. The van der Waals surface area contributed by atoms with E-state index >= 15 is 0 Å². The zero-order valence-corrected chi connectivity index (χ0v) is 12.5. The molecule has 2 aromatic rings. The predicted molar refractivity (Wildman–Crippen MR) is 80.3 cm³/mol. The largest absolute Gasteiger partial charge is 0.417 e. The van der Waals surface area contributed by atoms with Crippen LogP contribution in [0.3, 0.4) is 0 Å². The third kappa shape index (κ3) is 4.13. The minimum atomic E-state index is -4.62. The molecule has 0 aliphatic rings. The molecule has 8 heteroatoms. The van der Waals surface area contributed by atoms with Crippen molar-refractivity contribution in [1.29, 1.82) is 0 Å². The Hall–Kier alpha value is -2.28. The SMILES string of the molecule is CN(C(=O)Nc1ccc(Cl)c(C(F)(F)F)c1)c1ccc(F)cc1. The molecule has 2 amide bonds. The van der Waals surface area contributed by atoms with Crippen LogP contribution in [0.5, 0.6) is 0 Å². The highest BCUT2D eigenvalue weighted by molar-refractivity contribution is 6.31. The summed E-state index contributed by atoms with van der Waals surface area (Å²) < 4.78 is 51.2. The van der Waals surface area contributed by atoms with Crippen molar-refractivity contribution in [2.24, 2.45) is 0 Å². The molecule has 1 N–H and O–H groups in total. The van der Waals surface area contributed by atoms with Crippen molar-refractivity contribution in [3.8, 4) is 0 Å². The lowest BCUT2D eigenvalue weighted by Crippen LogP contribution is -2.31. The molecule has 0 saturated carbocycles. The van der Waals surface area contributed by atoms with E-state index in [-0.39, 0.29) is 5.69 Å². The summed E-state index contributed by atoms with van der Waals surface area (Å²) in [6, 6.07) is 7.47. The molecule has 0 fully saturated rings. The third-order valence-electron chi connectivity index (χ3n) is 3.04. The topological polar surface area (TPSA) is 32.3 Å². The van der Waals surface area contributed by atoms with Crippen molar-refractivity contribution in [3.63, 3.8) is 0 Å². The van der Waals surface area contributed by atoms with Gasteiger partial charge in [0.1, 0.15) is 5.82 Å². The van der Waals surface area contributed by atoms with E-state index in [9.17, 15) is 22.4 Å². The van der Waals surface area contributed by atoms with Crippen LogP contribution in [0, 0.1) is 5.82 Å². The summed E-state index contributed by atoms with van der Waals surface area (Å²) >= 11 is 5.51. The van der Waals surface area contributed by atoms with Crippen LogP contribution in [-0.4, -0.2) is 13.1 Å². The van der Waals surface area contributed by atoms with Gasteiger partial charge in [-0.1, -0.05) is 11.6 Å². The zero-order valence-electron chi connectivity index (χ0n) is 11.8. The lowest BCUT2D eigenvalue weighted by molar-refractivity contribution is -0.137. The molecule has 0 spiro atoms. The van der Waals surface area contributed by atoms with Gasteiger partial charge in [-0.2, -0.15) is 13.2 Å². The molecule has 0 aliphatic heterocycles. The van der Waals surface area contributed by atoms with Gasteiger partial charge in [0, 0.05) is 18.4 Å². The van der Waals surface area contributed by atoms with Gasteiger partial charge in [-0.05, 0) is 42.5 Å². The van der Waals surface area contributed by atoms with Gasteiger partial charge < -0.3 is 5.32 Å². The summed E-state index contributed by atoms with van der Waals surface area (Å²) in [6.07, 6.45) is -4.62. The van der Waals surface area contributed by atoms with Crippen molar-refractivity contribution in [3.05, 3.63) is 58.9 Å². The number of benzene rings is 2. The van der Waals surface area contributed by atoms with Crippen LogP contribution >= 0.6 is 11.6 Å². The first-order valence-corrected chi connectivity index (χ1v) is 6.73. The van der Waals surface area contributed by atoms with Crippen LogP contribution in [0.25, 0.3) is 0 Å². The Morgan fingerprint density at radius 2 is 1.74 bits per heavy atom. The fraction of sp³-hybridized carbons (Fsp3) is 0.133. The smallest absolute Gasteiger partial charge is 0.308 e. The van der Waals surface area contributed by atoms with E-state index in [1.165, 1.54) is 37.4 Å². The number of carbonyl (C=O) groups excluding carboxylic acids is 1. The second kappa shape index (κ2) is 6.45. The Morgan fingerprint density at radius 3 is 2.30 bits per heavy atom. The number of urea groups is 1. The molecule has 23 heavy (non-hydrogen) atoms. The molecule has 0 heterocycles. The Balaban J connectivity index is 2.18. The molecule has 2 rings (SSSR count). The minimum Gasteiger partial charge on any atom is -0.308 e. The summed E-state index contributed by atoms with van der Waals surface area (Å²) in [4.78, 5) is 13.2. The standard InChI is InChI=1S/C15H11ClF4N2O/c1-22(11-5-2-9(17)3-6-11)14(23)21-10-4-7-13(16)12(8-10)15(18,19)20/h2-8H,1H3,(H,21,23). The predicted octanol–water partition coefficient (Wildman–Crippen LogP) is 5.17. The van der Waals surface area contributed by atoms with Gasteiger partial charge in [-0.25, -0.2) is 9.18 Å². The molecule has 2 aromatic carbocycles. The Morgan fingerprint density at radius 1 is 1.13 bits per heavy atom. The maximum atomic E-state index is 12.9. The highest BCUT2D eigenvalue weighted by Crippen LogP contribution is 2.36. The lowest BCUT2D eigenvalue weighted by Gasteiger charge is -2.19. The normalized spacial score (nSPS) is 11.2. The number of halogens is 5. The number of nitrogens with one attached hydrogen (secondary N) is 1. The second-order valence-electron chi connectivity index (χ2n) is 4.66. The Labute approximate surface area is 134 Å². The van der Waals surface area contributed by atoms with Crippen LogP contribution in [0.4, 0.5) is 33.7 Å². The van der Waals surface area contributed by atoms with Crippen LogP contribution in [-0.2, 0) is 6.18 Å². The summed E-state index contributed by atoms with van der Waals surface area (Å²) in [5, 5.41) is 1.87. The Bertz CT molecular complexity index is 716. The second-order valence-corrected chi connectivity index (χ2v) is 5.07. The van der Waals surface area contributed by atoms with Crippen LogP contribution < -0.4 is 10.2 Å². The van der Waals surface area contributed by atoms with Gasteiger partial charge in [-0.3, -0.25) is 4.90 Å². The van der Waals surface area contributed by atoms with E-state index in [4.69, 9.17) is 11.6 Å². The summed E-state index contributed by atoms with van der Waals surface area (Å²) in [5.74, 6) is -0.463. The monoisotopic (exact) mass is 346 g/mol. The summed E-state index contributed by atoms with van der Waals surface area (Å²) in [6.45, 7) is 0.